The third-order valence-electron chi connectivity index (χ3n) is 3.85. The van der Waals surface area contributed by atoms with Crippen molar-refractivity contribution in [3.8, 4) is 0 Å². The molecule has 0 aliphatic carbocycles. The first-order valence-corrected chi connectivity index (χ1v) is 7.79. The van der Waals surface area contributed by atoms with E-state index in [0.29, 0.717) is 32.5 Å². The van der Waals surface area contributed by atoms with Crippen LogP contribution in [-0.2, 0) is 9.53 Å². The molecule has 6 nitrogen and oxygen atoms in total. The second-order valence-electron chi connectivity index (χ2n) is 5.93. The Morgan fingerprint density at radius 1 is 1.33 bits per heavy atom. The quantitative estimate of drug-likeness (QED) is 0.804. The molecule has 0 aromatic rings. The molecule has 0 radical (unpaired) electrons. The van der Waals surface area contributed by atoms with E-state index >= 15 is 0 Å². The third-order valence-corrected chi connectivity index (χ3v) is 3.85. The van der Waals surface area contributed by atoms with Gasteiger partial charge in [0, 0.05) is 24.9 Å². The lowest BCUT2D eigenvalue weighted by atomic mass is 9.88. The van der Waals surface area contributed by atoms with Gasteiger partial charge in [-0.05, 0) is 19.8 Å². The van der Waals surface area contributed by atoms with Gasteiger partial charge in [-0.15, -0.1) is 0 Å². The number of carbonyl (C=O) groups excluding carboxylic acids is 2. The van der Waals surface area contributed by atoms with Crippen LogP contribution >= 0.6 is 0 Å². The lowest BCUT2D eigenvalue weighted by molar-refractivity contribution is -0.137. The first-order valence-electron chi connectivity index (χ1n) is 7.79. The van der Waals surface area contributed by atoms with Gasteiger partial charge in [-0.3, -0.25) is 4.79 Å². The number of aliphatic hydroxyl groups excluding tert-OH is 1. The maximum Gasteiger partial charge on any atom is 0.407 e. The summed E-state index contributed by atoms with van der Waals surface area (Å²) >= 11 is 0. The molecule has 2 amide bonds. The molecule has 0 aromatic carbocycles. The van der Waals surface area contributed by atoms with Gasteiger partial charge in [0.15, 0.2) is 0 Å². The summed E-state index contributed by atoms with van der Waals surface area (Å²) in [5.74, 6) is -0.0530. The van der Waals surface area contributed by atoms with Crippen molar-refractivity contribution < 1.29 is 19.4 Å². The van der Waals surface area contributed by atoms with E-state index in [1.807, 2.05) is 20.8 Å². The molecule has 1 rings (SSSR count). The van der Waals surface area contributed by atoms with Crippen molar-refractivity contribution in [2.24, 2.45) is 11.8 Å². The largest absolute Gasteiger partial charge is 0.450 e. The SMILES string of the molecule is CCOC(=O)NC1CC(C(O)CC)CN(C(=O)C(C)C)C1. The van der Waals surface area contributed by atoms with Gasteiger partial charge >= 0.3 is 6.09 Å². The molecule has 122 valence electrons. The van der Waals surface area contributed by atoms with Crippen molar-refractivity contribution in [1.29, 1.82) is 0 Å². The van der Waals surface area contributed by atoms with Crippen LogP contribution in [0.3, 0.4) is 0 Å². The molecule has 0 bridgehead atoms. The zero-order valence-electron chi connectivity index (χ0n) is 13.5. The number of nitrogens with one attached hydrogen (secondary N) is 1. The first-order chi connectivity index (χ1) is 9.88. The molecule has 2 N–H and O–H groups in total. The average Bonchev–Trinajstić information content (AvgIpc) is 2.45. The monoisotopic (exact) mass is 300 g/mol. The number of piperidine rings is 1. The van der Waals surface area contributed by atoms with Crippen LogP contribution in [0.1, 0.15) is 40.5 Å². The Morgan fingerprint density at radius 2 is 2.00 bits per heavy atom. The molecule has 6 heteroatoms. The minimum atomic E-state index is -0.467. The summed E-state index contributed by atoms with van der Waals surface area (Å²) < 4.78 is 4.89. The average molecular weight is 300 g/mol. The number of likely N-dealkylation sites (tertiary alicyclic amines) is 1. The Morgan fingerprint density at radius 3 is 2.52 bits per heavy atom. The summed E-state index contributed by atoms with van der Waals surface area (Å²) in [4.78, 5) is 25.5. The van der Waals surface area contributed by atoms with Crippen molar-refractivity contribution in [2.45, 2.75) is 52.7 Å². The summed E-state index contributed by atoms with van der Waals surface area (Å²) in [5.41, 5.74) is 0. The molecule has 1 saturated heterocycles. The zero-order valence-corrected chi connectivity index (χ0v) is 13.5. The molecule has 1 aliphatic heterocycles. The fraction of sp³-hybridized carbons (Fsp3) is 0.867. The molecule has 0 saturated carbocycles. The second-order valence-corrected chi connectivity index (χ2v) is 5.93. The van der Waals surface area contributed by atoms with Gasteiger partial charge in [-0.2, -0.15) is 0 Å². The van der Waals surface area contributed by atoms with Crippen LogP contribution in [0.5, 0.6) is 0 Å². The Kier molecular flexibility index (Phi) is 6.95. The van der Waals surface area contributed by atoms with Crippen LogP contribution in [0.25, 0.3) is 0 Å². The summed E-state index contributed by atoms with van der Waals surface area (Å²) in [7, 11) is 0. The summed E-state index contributed by atoms with van der Waals surface area (Å²) in [6.07, 6.45) is 0.376. The fourth-order valence-electron chi connectivity index (χ4n) is 2.74. The van der Waals surface area contributed by atoms with Crippen molar-refractivity contribution in [2.75, 3.05) is 19.7 Å². The van der Waals surface area contributed by atoms with Crippen LogP contribution in [0.4, 0.5) is 4.79 Å². The Bertz CT molecular complexity index is 360. The van der Waals surface area contributed by atoms with Gasteiger partial charge in [0.05, 0.1) is 18.8 Å². The zero-order chi connectivity index (χ0) is 16.0. The number of carbonyl (C=O) groups is 2. The molecular weight excluding hydrogens is 272 g/mol. The highest BCUT2D eigenvalue weighted by molar-refractivity contribution is 5.78. The molecule has 21 heavy (non-hydrogen) atoms. The third kappa shape index (κ3) is 5.19. The van der Waals surface area contributed by atoms with E-state index in [-0.39, 0.29) is 23.8 Å². The van der Waals surface area contributed by atoms with E-state index in [2.05, 4.69) is 5.32 Å². The topological polar surface area (TPSA) is 78.9 Å². The van der Waals surface area contributed by atoms with Crippen molar-refractivity contribution in [1.82, 2.24) is 10.2 Å². The van der Waals surface area contributed by atoms with E-state index in [9.17, 15) is 14.7 Å². The van der Waals surface area contributed by atoms with Gasteiger partial charge in [-0.25, -0.2) is 4.79 Å². The fourth-order valence-corrected chi connectivity index (χ4v) is 2.74. The second kappa shape index (κ2) is 8.22. The van der Waals surface area contributed by atoms with E-state index in [1.54, 1.807) is 11.8 Å². The van der Waals surface area contributed by atoms with Gasteiger partial charge in [-0.1, -0.05) is 20.8 Å². The van der Waals surface area contributed by atoms with E-state index < -0.39 is 12.2 Å². The number of nitrogens with zero attached hydrogens (tertiary/aromatic N) is 1. The Labute approximate surface area is 126 Å². The number of alkyl carbamates (subject to hydrolysis) is 1. The number of hydrogen-bond donors (Lipinski definition) is 2. The van der Waals surface area contributed by atoms with Crippen LogP contribution in [-0.4, -0.2) is 53.8 Å². The maximum absolute atomic E-state index is 12.2. The van der Waals surface area contributed by atoms with Gasteiger partial charge in [0.1, 0.15) is 0 Å². The smallest absolute Gasteiger partial charge is 0.407 e. The minimum Gasteiger partial charge on any atom is -0.450 e. The van der Waals surface area contributed by atoms with Gasteiger partial charge in [0.25, 0.3) is 0 Å². The molecule has 3 unspecified atom stereocenters. The van der Waals surface area contributed by atoms with Crippen LogP contribution in [0.2, 0.25) is 0 Å². The minimum absolute atomic E-state index is 0.0154. The maximum atomic E-state index is 12.2. The Hall–Kier alpha value is -1.30. The lowest BCUT2D eigenvalue weighted by Crippen LogP contribution is -2.55. The first kappa shape index (κ1) is 17.8. The summed E-state index contributed by atoms with van der Waals surface area (Å²) in [6.45, 7) is 8.72. The van der Waals surface area contributed by atoms with Crippen molar-refractivity contribution in [3.63, 3.8) is 0 Å². The Balaban J connectivity index is 2.74. The molecule has 3 atom stereocenters. The van der Waals surface area contributed by atoms with E-state index in [1.165, 1.54) is 0 Å². The normalized spacial score (nSPS) is 23.8. The highest BCUT2D eigenvalue weighted by Gasteiger charge is 2.34. The van der Waals surface area contributed by atoms with Crippen molar-refractivity contribution >= 4 is 12.0 Å². The molecule has 1 heterocycles. The van der Waals surface area contributed by atoms with E-state index in [4.69, 9.17) is 4.74 Å². The van der Waals surface area contributed by atoms with Crippen LogP contribution < -0.4 is 5.32 Å². The number of ether oxygens (including phenoxy) is 1. The standard InChI is InChI=1S/C15H28N2O4/c1-5-13(18)11-7-12(16-15(20)21-6-2)9-17(8-11)14(19)10(3)4/h10-13,18H,5-9H2,1-4H3,(H,16,20). The van der Waals surface area contributed by atoms with Gasteiger partial charge < -0.3 is 20.1 Å². The summed E-state index contributed by atoms with van der Waals surface area (Å²) in [6, 6.07) is -0.174. The van der Waals surface area contributed by atoms with Crippen LogP contribution in [0, 0.1) is 11.8 Å². The number of aliphatic hydroxyl groups is 1. The van der Waals surface area contributed by atoms with E-state index in [0.717, 1.165) is 0 Å². The van der Waals surface area contributed by atoms with Crippen LogP contribution in [0.15, 0.2) is 0 Å². The highest BCUT2D eigenvalue weighted by atomic mass is 16.5. The summed E-state index contributed by atoms with van der Waals surface area (Å²) in [5, 5.41) is 12.9. The predicted octanol–water partition coefficient (Wildman–Crippen LogP) is 1.38. The molecule has 0 spiro atoms. The van der Waals surface area contributed by atoms with Gasteiger partial charge in [0.2, 0.25) is 5.91 Å². The molecular formula is C15H28N2O4. The molecule has 1 aliphatic rings. The number of amides is 2. The number of hydrogen-bond acceptors (Lipinski definition) is 4. The highest BCUT2D eigenvalue weighted by Crippen LogP contribution is 2.23. The molecule has 0 aromatic heterocycles. The predicted molar refractivity (Wildman–Crippen MR) is 79.8 cm³/mol. The lowest BCUT2D eigenvalue weighted by Gasteiger charge is -2.40. The molecule has 1 fully saturated rings. The number of rotatable bonds is 5. The van der Waals surface area contributed by atoms with Crippen molar-refractivity contribution in [3.05, 3.63) is 0 Å².